The molecule has 146 valence electrons. The van der Waals surface area contributed by atoms with Gasteiger partial charge in [0.15, 0.2) is 6.04 Å². The second kappa shape index (κ2) is 10.5. The van der Waals surface area contributed by atoms with E-state index < -0.39 is 0 Å². The Morgan fingerprint density at radius 1 is 0.857 bits per heavy atom. The Balaban J connectivity index is 0.00000280. The standard InChI is InChI=1S/C23H24N2O2.ClH/c24-22(23(27)25-15-14-17-8-12-21(26)13-9-17)16-18-6-10-20(11-7-18)19-4-2-1-3-5-19;/h1-13,22,26H,14-16,24H2,(H,25,27);1H/t22-;/m0./s1. The molecule has 3 aromatic carbocycles. The Labute approximate surface area is 171 Å². The first-order chi connectivity index (χ1) is 13.1. The molecule has 0 aliphatic heterocycles. The van der Waals surface area contributed by atoms with Crippen LogP contribution in [0.3, 0.4) is 0 Å². The number of carbonyl (C=O) groups excluding carboxylic acids is 1. The van der Waals surface area contributed by atoms with E-state index in [4.69, 9.17) is 0 Å². The van der Waals surface area contributed by atoms with Crippen LogP contribution in [-0.2, 0) is 17.6 Å². The molecule has 0 unspecified atom stereocenters. The lowest BCUT2D eigenvalue weighted by atomic mass is 10.0. The van der Waals surface area contributed by atoms with Crippen molar-refractivity contribution in [2.75, 3.05) is 6.54 Å². The van der Waals surface area contributed by atoms with E-state index in [1.807, 2.05) is 30.3 Å². The summed E-state index contributed by atoms with van der Waals surface area (Å²) in [6, 6.07) is 25.2. The van der Waals surface area contributed by atoms with Gasteiger partial charge in [0.1, 0.15) is 5.75 Å². The highest BCUT2D eigenvalue weighted by molar-refractivity contribution is 5.80. The molecule has 0 aliphatic rings. The van der Waals surface area contributed by atoms with Crippen LogP contribution in [0.15, 0.2) is 78.9 Å². The minimum Gasteiger partial charge on any atom is -1.00 e. The lowest BCUT2D eigenvalue weighted by Crippen LogP contribution is -3.00. The van der Waals surface area contributed by atoms with Crippen molar-refractivity contribution in [2.24, 2.45) is 0 Å². The van der Waals surface area contributed by atoms with Gasteiger partial charge in [0.25, 0.3) is 5.91 Å². The first-order valence-electron chi connectivity index (χ1n) is 9.15. The molecule has 5 heteroatoms. The first-order valence-corrected chi connectivity index (χ1v) is 9.15. The van der Waals surface area contributed by atoms with Gasteiger partial charge in [0.05, 0.1) is 0 Å². The predicted octanol–water partition coefficient (Wildman–Crippen LogP) is -0.425. The van der Waals surface area contributed by atoms with Gasteiger partial charge in [-0.15, -0.1) is 0 Å². The number of quaternary nitrogens is 1. The van der Waals surface area contributed by atoms with Gasteiger partial charge in [-0.05, 0) is 40.8 Å². The van der Waals surface area contributed by atoms with E-state index in [1.54, 1.807) is 12.1 Å². The maximum Gasteiger partial charge on any atom is 0.278 e. The quantitative estimate of drug-likeness (QED) is 0.507. The van der Waals surface area contributed by atoms with E-state index in [1.165, 1.54) is 11.1 Å². The molecular formula is C23H25ClN2O2. The molecule has 1 amide bonds. The van der Waals surface area contributed by atoms with Gasteiger partial charge in [-0.2, -0.15) is 0 Å². The minimum absolute atomic E-state index is 0. The Morgan fingerprint density at radius 2 is 1.43 bits per heavy atom. The summed E-state index contributed by atoms with van der Waals surface area (Å²) in [6.07, 6.45) is 1.34. The van der Waals surface area contributed by atoms with Gasteiger partial charge in [-0.1, -0.05) is 66.7 Å². The van der Waals surface area contributed by atoms with Gasteiger partial charge in [-0.25, -0.2) is 0 Å². The van der Waals surface area contributed by atoms with E-state index in [9.17, 15) is 9.90 Å². The average molecular weight is 397 g/mol. The van der Waals surface area contributed by atoms with Crippen LogP contribution in [0.5, 0.6) is 5.75 Å². The van der Waals surface area contributed by atoms with Crippen LogP contribution in [-0.4, -0.2) is 23.6 Å². The number of rotatable bonds is 7. The summed E-state index contributed by atoms with van der Waals surface area (Å²) >= 11 is 0. The van der Waals surface area contributed by atoms with Gasteiger partial charge in [-0.3, -0.25) is 4.79 Å². The zero-order chi connectivity index (χ0) is 19.1. The third-order valence-corrected chi connectivity index (χ3v) is 4.56. The molecule has 5 N–H and O–H groups in total. The van der Waals surface area contributed by atoms with Crippen LogP contribution < -0.4 is 23.5 Å². The molecule has 3 aromatic rings. The fraction of sp³-hybridized carbons (Fsp3) is 0.174. The Bertz CT molecular complexity index is 865. The van der Waals surface area contributed by atoms with E-state index in [0.29, 0.717) is 13.0 Å². The minimum atomic E-state index is -0.326. The SMILES string of the molecule is [Cl-].[NH3+][C@@H](Cc1ccc(-c2ccccc2)cc1)C(=O)NCCc1ccc(O)cc1. The van der Waals surface area contributed by atoms with Crippen molar-refractivity contribution in [1.82, 2.24) is 5.32 Å². The monoisotopic (exact) mass is 396 g/mol. The van der Waals surface area contributed by atoms with Crippen LogP contribution in [0, 0.1) is 0 Å². The summed E-state index contributed by atoms with van der Waals surface area (Å²) in [5.74, 6) is 0.208. The number of phenolic OH excluding ortho intramolecular Hbond substituents is 1. The zero-order valence-electron chi connectivity index (χ0n) is 15.6. The molecule has 3 rings (SSSR count). The van der Waals surface area contributed by atoms with Gasteiger partial charge >= 0.3 is 0 Å². The van der Waals surface area contributed by atoms with Crippen LogP contribution in [0.1, 0.15) is 11.1 Å². The number of benzene rings is 3. The van der Waals surface area contributed by atoms with Crippen LogP contribution >= 0.6 is 0 Å². The molecule has 0 saturated heterocycles. The third kappa shape index (κ3) is 6.12. The number of carbonyl (C=O) groups is 1. The summed E-state index contributed by atoms with van der Waals surface area (Å²) < 4.78 is 0. The van der Waals surface area contributed by atoms with Crippen molar-refractivity contribution in [3.8, 4) is 16.9 Å². The van der Waals surface area contributed by atoms with Crippen molar-refractivity contribution >= 4 is 5.91 Å². The summed E-state index contributed by atoms with van der Waals surface area (Å²) in [4.78, 5) is 12.3. The van der Waals surface area contributed by atoms with E-state index in [0.717, 1.165) is 17.5 Å². The number of phenols is 1. The topological polar surface area (TPSA) is 77.0 Å². The fourth-order valence-electron chi connectivity index (χ4n) is 2.98. The van der Waals surface area contributed by atoms with Crippen LogP contribution in [0.4, 0.5) is 0 Å². The van der Waals surface area contributed by atoms with Gasteiger partial charge in [0, 0.05) is 13.0 Å². The molecular weight excluding hydrogens is 372 g/mol. The molecule has 0 aromatic heterocycles. The third-order valence-electron chi connectivity index (χ3n) is 4.56. The second-order valence-corrected chi connectivity index (χ2v) is 6.67. The molecule has 0 fully saturated rings. The van der Waals surface area contributed by atoms with Crippen molar-refractivity contribution < 1.29 is 28.0 Å². The number of halogens is 1. The molecule has 28 heavy (non-hydrogen) atoms. The number of hydrogen-bond acceptors (Lipinski definition) is 2. The highest BCUT2D eigenvalue weighted by Gasteiger charge is 2.17. The van der Waals surface area contributed by atoms with Crippen molar-refractivity contribution in [3.05, 3.63) is 90.0 Å². The molecule has 1 atom stereocenters. The normalized spacial score (nSPS) is 11.3. The molecule has 4 nitrogen and oxygen atoms in total. The van der Waals surface area contributed by atoms with Gasteiger partial charge < -0.3 is 28.6 Å². The molecule has 0 heterocycles. The maximum absolute atomic E-state index is 12.3. The molecule has 0 aliphatic carbocycles. The molecule has 0 spiro atoms. The second-order valence-electron chi connectivity index (χ2n) is 6.67. The van der Waals surface area contributed by atoms with Crippen LogP contribution in [0.25, 0.3) is 11.1 Å². The highest BCUT2D eigenvalue weighted by atomic mass is 35.5. The molecule has 0 radical (unpaired) electrons. The maximum atomic E-state index is 12.3. The Kier molecular flexibility index (Phi) is 8.05. The van der Waals surface area contributed by atoms with E-state index in [2.05, 4.69) is 47.4 Å². The zero-order valence-corrected chi connectivity index (χ0v) is 16.4. The van der Waals surface area contributed by atoms with Crippen LogP contribution in [0.2, 0.25) is 0 Å². The summed E-state index contributed by atoms with van der Waals surface area (Å²) in [5, 5.41) is 12.2. The summed E-state index contributed by atoms with van der Waals surface area (Å²) in [6.45, 7) is 0.558. The summed E-state index contributed by atoms with van der Waals surface area (Å²) in [5.41, 5.74) is 8.53. The number of aromatic hydroxyl groups is 1. The Hall–Kier alpha value is -2.82. The smallest absolute Gasteiger partial charge is 0.278 e. The largest absolute Gasteiger partial charge is 1.00 e. The summed E-state index contributed by atoms with van der Waals surface area (Å²) in [7, 11) is 0. The first kappa shape index (κ1) is 21.5. The van der Waals surface area contributed by atoms with Crippen molar-refractivity contribution in [3.63, 3.8) is 0 Å². The Morgan fingerprint density at radius 3 is 2.07 bits per heavy atom. The fourth-order valence-corrected chi connectivity index (χ4v) is 2.98. The molecule has 0 saturated carbocycles. The lowest BCUT2D eigenvalue weighted by Gasteiger charge is -2.11. The van der Waals surface area contributed by atoms with Crippen molar-refractivity contribution in [2.45, 2.75) is 18.9 Å². The number of nitrogens with one attached hydrogen (secondary N) is 1. The van der Waals surface area contributed by atoms with Crippen molar-refractivity contribution in [1.29, 1.82) is 0 Å². The molecule has 0 bridgehead atoms. The lowest BCUT2D eigenvalue weighted by molar-refractivity contribution is -0.403. The van der Waals surface area contributed by atoms with E-state index >= 15 is 0 Å². The van der Waals surface area contributed by atoms with Gasteiger partial charge in [0.2, 0.25) is 0 Å². The number of hydrogen-bond donors (Lipinski definition) is 3. The average Bonchev–Trinajstić information content (AvgIpc) is 2.70. The number of amides is 1. The predicted molar refractivity (Wildman–Crippen MR) is 107 cm³/mol. The van der Waals surface area contributed by atoms with E-state index in [-0.39, 0.29) is 30.1 Å². The highest BCUT2D eigenvalue weighted by Crippen LogP contribution is 2.19.